The topological polar surface area (TPSA) is 144 Å². The Morgan fingerprint density at radius 2 is 2.10 bits per heavy atom. The maximum atomic E-state index is 12.1. The van der Waals surface area contributed by atoms with Gasteiger partial charge in [0.2, 0.25) is 0 Å². The highest BCUT2D eigenvalue weighted by molar-refractivity contribution is 6.27. The van der Waals surface area contributed by atoms with Crippen molar-refractivity contribution in [3.05, 3.63) is 68.2 Å². The van der Waals surface area contributed by atoms with Crippen molar-refractivity contribution >= 4 is 36.1 Å². The lowest BCUT2D eigenvalue weighted by molar-refractivity contribution is -0.0600. The molecule has 1 aliphatic rings. The van der Waals surface area contributed by atoms with E-state index < -0.39 is 41.8 Å². The number of esters is 1. The number of halogens is 2. The summed E-state index contributed by atoms with van der Waals surface area (Å²) in [4.78, 5) is 41.7. The first-order chi connectivity index (χ1) is 13.4. The van der Waals surface area contributed by atoms with E-state index in [2.05, 4.69) is 9.97 Å². The van der Waals surface area contributed by atoms with E-state index in [0.717, 1.165) is 16.3 Å². The molecule has 0 radical (unpaired) electrons. The van der Waals surface area contributed by atoms with Crippen LogP contribution in [0.3, 0.4) is 0 Å². The van der Waals surface area contributed by atoms with E-state index >= 15 is 0 Å². The van der Waals surface area contributed by atoms with Gasteiger partial charge in [0.25, 0.3) is 5.56 Å². The Bertz CT molecular complexity index is 993. The number of nitrogens with one attached hydrogen (secondary N) is 1. The molecule has 2 aromatic rings. The minimum atomic E-state index is -1.50. The molecule has 4 atom stereocenters. The molecule has 3 rings (SSSR count). The predicted octanol–water partition coefficient (Wildman–Crippen LogP) is 0.0391. The van der Waals surface area contributed by atoms with Crippen LogP contribution in [0.25, 0.3) is 6.08 Å². The van der Waals surface area contributed by atoms with E-state index in [4.69, 9.17) is 21.1 Å². The van der Waals surface area contributed by atoms with Gasteiger partial charge in [-0.05, 0) is 18.2 Å². The van der Waals surface area contributed by atoms with Crippen molar-refractivity contribution in [2.75, 3.05) is 6.61 Å². The van der Waals surface area contributed by atoms with Crippen molar-refractivity contribution in [1.82, 2.24) is 14.5 Å². The van der Waals surface area contributed by atoms with Gasteiger partial charge < -0.3 is 19.7 Å². The summed E-state index contributed by atoms with van der Waals surface area (Å²) < 4.78 is 11.5. The fraction of sp³-hybridized carbons (Fsp3) is 0.294. The number of aliphatic hydroxyl groups excluding tert-OH is 2. The van der Waals surface area contributed by atoms with Crippen LogP contribution in [-0.2, 0) is 9.47 Å². The molecule has 1 fully saturated rings. The van der Waals surface area contributed by atoms with Gasteiger partial charge in [0.05, 0.1) is 5.56 Å². The fourth-order valence-electron chi connectivity index (χ4n) is 2.69. The molecular formula is C17H17Cl2N3O7. The molecular weight excluding hydrogens is 429 g/mol. The van der Waals surface area contributed by atoms with E-state index in [1.807, 2.05) is 0 Å². The zero-order valence-electron chi connectivity index (χ0n) is 14.7. The zero-order valence-corrected chi connectivity index (χ0v) is 16.2. The van der Waals surface area contributed by atoms with Crippen LogP contribution in [-0.4, -0.2) is 55.6 Å². The Labute approximate surface area is 174 Å². The van der Waals surface area contributed by atoms with Gasteiger partial charge in [-0.25, -0.2) is 14.6 Å². The van der Waals surface area contributed by atoms with E-state index in [0.29, 0.717) is 0 Å². The minimum absolute atomic E-state index is 0. The summed E-state index contributed by atoms with van der Waals surface area (Å²) in [5.41, 5.74) is -0.322. The van der Waals surface area contributed by atoms with E-state index in [-0.39, 0.29) is 30.3 Å². The number of rotatable bonds is 5. The number of ether oxygens (including phenoxy) is 2. The van der Waals surface area contributed by atoms with Gasteiger partial charge in [0, 0.05) is 17.9 Å². The average Bonchev–Trinajstić information content (AvgIpc) is 2.97. The molecule has 1 saturated heterocycles. The molecule has 0 bridgehead atoms. The summed E-state index contributed by atoms with van der Waals surface area (Å²) in [5, 5.41) is 20.4. The first kappa shape index (κ1) is 22.8. The van der Waals surface area contributed by atoms with Crippen LogP contribution in [0.15, 0.2) is 45.7 Å². The molecule has 0 amide bonds. The third kappa shape index (κ3) is 4.92. The first-order valence-corrected chi connectivity index (χ1v) is 8.58. The molecule has 3 N–H and O–H groups in total. The predicted molar refractivity (Wildman–Crippen MR) is 104 cm³/mol. The third-order valence-corrected chi connectivity index (χ3v) is 4.23. The van der Waals surface area contributed by atoms with Gasteiger partial charge in [-0.15, -0.1) is 12.4 Å². The van der Waals surface area contributed by atoms with Gasteiger partial charge >= 0.3 is 11.7 Å². The van der Waals surface area contributed by atoms with Gasteiger partial charge in [-0.1, -0.05) is 17.7 Å². The number of aromatic nitrogens is 3. The number of carbonyl (C=O) groups excluding carboxylic acids is 1. The lowest BCUT2D eigenvalue weighted by Crippen LogP contribution is -2.38. The number of pyridine rings is 1. The monoisotopic (exact) mass is 445 g/mol. The zero-order chi connectivity index (χ0) is 20.3. The van der Waals surface area contributed by atoms with Gasteiger partial charge in [-0.2, -0.15) is 0 Å². The molecule has 156 valence electrons. The van der Waals surface area contributed by atoms with E-state index in [1.165, 1.54) is 18.3 Å². The van der Waals surface area contributed by atoms with E-state index in [9.17, 15) is 24.6 Å². The van der Waals surface area contributed by atoms with Gasteiger partial charge in [0.15, 0.2) is 6.23 Å². The van der Waals surface area contributed by atoms with Crippen molar-refractivity contribution < 1.29 is 24.5 Å². The molecule has 29 heavy (non-hydrogen) atoms. The molecule has 0 aliphatic carbocycles. The highest BCUT2D eigenvalue weighted by Gasteiger charge is 2.44. The van der Waals surface area contributed by atoms with Crippen molar-refractivity contribution in [3.8, 4) is 0 Å². The lowest BCUT2D eigenvalue weighted by Gasteiger charge is -2.17. The third-order valence-electron chi connectivity index (χ3n) is 4.10. The maximum Gasteiger partial charge on any atom is 0.357 e. The maximum absolute atomic E-state index is 12.1. The largest absolute Gasteiger partial charge is 0.458 e. The quantitative estimate of drug-likeness (QED) is 0.547. The van der Waals surface area contributed by atoms with Crippen molar-refractivity contribution in [2.45, 2.75) is 24.5 Å². The van der Waals surface area contributed by atoms with Crippen LogP contribution in [0.4, 0.5) is 0 Å². The molecule has 2 aromatic heterocycles. The van der Waals surface area contributed by atoms with Crippen LogP contribution >= 0.6 is 24.0 Å². The molecule has 0 saturated carbocycles. The Morgan fingerprint density at radius 3 is 2.76 bits per heavy atom. The highest BCUT2D eigenvalue weighted by atomic mass is 35.5. The van der Waals surface area contributed by atoms with Gasteiger partial charge in [-0.3, -0.25) is 14.3 Å². The number of hydrogen-bond donors (Lipinski definition) is 3. The second-order valence-electron chi connectivity index (χ2n) is 5.90. The molecule has 1 aliphatic heterocycles. The average molecular weight is 446 g/mol. The van der Waals surface area contributed by atoms with Crippen LogP contribution < -0.4 is 11.2 Å². The number of hydrogen-bond acceptors (Lipinski definition) is 8. The summed E-state index contributed by atoms with van der Waals surface area (Å²) in [7, 11) is 0. The summed E-state index contributed by atoms with van der Waals surface area (Å²) in [5.74, 6) is -0.731. The number of H-pyrrole nitrogens is 1. The molecule has 0 aromatic carbocycles. The smallest absolute Gasteiger partial charge is 0.357 e. The van der Waals surface area contributed by atoms with Crippen molar-refractivity contribution in [1.29, 1.82) is 0 Å². The Balaban J connectivity index is 0.00000300. The number of aliphatic hydroxyl groups is 2. The summed E-state index contributed by atoms with van der Waals surface area (Å²) in [6.07, 6.45) is -1.53. The molecule has 0 spiro atoms. The Kier molecular flexibility index (Phi) is 7.71. The van der Waals surface area contributed by atoms with Crippen LogP contribution in [0.2, 0.25) is 0 Å². The van der Waals surface area contributed by atoms with E-state index in [1.54, 1.807) is 12.1 Å². The second kappa shape index (κ2) is 9.81. The Morgan fingerprint density at radius 1 is 1.34 bits per heavy atom. The normalized spacial score (nSPS) is 23.7. The fourth-order valence-corrected chi connectivity index (χ4v) is 2.82. The minimum Gasteiger partial charge on any atom is -0.458 e. The SMILES string of the molecule is Cl.O=C(OCC1OC(n2cc(/C=C/Cl)c(=O)[nH]c2=O)C(O)C1O)c1ccccn1. The molecule has 3 heterocycles. The number of carbonyl (C=O) groups is 1. The van der Waals surface area contributed by atoms with Crippen LogP contribution in [0.5, 0.6) is 0 Å². The highest BCUT2D eigenvalue weighted by Crippen LogP contribution is 2.28. The molecule has 4 unspecified atom stereocenters. The lowest BCUT2D eigenvalue weighted by atomic mass is 10.1. The van der Waals surface area contributed by atoms with Crippen LogP contribution in [0.1, 0.15) is 22.3 Å². The standard InChI is InChI=1S/C17H16ClN3O7.ClH/c18-5-4-9-7-21(17(26)20-14(9)24)15-13(23)12(22)11(28-15)8-27-16(25)10-3-1-2-6-19-10;/h1-7,11-13,15,22-23H,8H2,(H,20,24,26);1H/b5-4+;. The van der Waals surface area contributed by atoms with Crippen molar-refractivity contribution in [2.24, 2.45) is 0 Å². The van der Waals surface area contributed by atoms with Crippen LogP contribution in [0, 0.1) is 0 Å². The van der Waals surface area contributed by atoms with Gasteiger partial charge in [0.1, 0.15) is 30.6 Å². The summed E-state index contributed by atoms with van der Waals surface area (Å²) in [6.45, 7) is -0.378. The summed E-state index contributed by atoms with van der Waals surface area (Å²) >= 11 is 5.46. The first-order valence-electron chi connectivity index (χ1n) is 8.14. The molecule has 10 nitrogen and oxygen atoms in total. The second-order valence-corrected chi connectivity index (χ2v) is 6.16. The number of aromatic amines is 1. The Hall–Kier alpha value is -2.50. The summed E-state index contributed by atoms with van der Waals surface area (Å²) in [6, 6.07) is 4.70. The molecule has 12 heteroatoms. The number of nitrogens with zero attached hydrogens (tertiary/aromatic N) is 2. The van der Waals surface area contributed by atoms with Crippen molar-refractivity contribution in [3.63, 3.8) is 0 Å².